The summed E-state index contributed by atoms with van der Waals surface area (Å²) in [4.78, 5) is 15.7. The molecule has 34 heavy (non-hydrogen) atoms. The van der Waals surface area contributed by atoms with Crippen molar-refractivity contribution >= 4 is 17.1 Å². The first-order valence-corrected chi connectivity index (χ1v) is 10.6. The standard InChI is InChI=1S/C26H21F4NO3/c1-15-22(25(32)33)11-17(13-31-15)20-3-2-4-21(20)23-12-19(9-10-24(23)26(28,29)30)34-14-16-5-7-18(27)8-6-16/h5-13H,2-4,14H2,1H3,(H,32,33). The molecule has 3 aromatic rings. The molecule has 0 bridgehead atoms. The molecule has 176 valence electrons. The summed E-state index contributed by atoms with van der Waals surface area (Å²) < 4.78 is 60.5. The van der Waals surface area contributed by atoms with Crippen molar-refractivity contribution in [3.8, 4) is 5.75 Å². The number of hydrogen-bond donors (Lipinski definition) is 1. The van der Waals surface area contributed by atoms with Gasteiger partial charge < -0.3 is 9.84 Å². The Balaban J connectivity index is 1.76. The van der Waals surface area contributed by atoms with Gasteiger partial charge in [-0.2, -0.15) is 13.2 Å². The van der Waals surface area contributed by atoms with Gasteiger partial charge in [-0.1, -0.05) is 12.1 Å². The zero-order valence-corrected chi connectivity index (χ0v) is 18.2. The van der Waals surface area contributed by atoms with Crippen molar-refractivity contribution in [2.75, 3.05) is 0 Å². The van der Waals surface area contributed by atoms with Crippen molar-refractivity contribution in [2.45, 2.75) is 39.0 Å². The Morgan fingerprint density at radius 1 is 1.06 bits per heavy atom. The summed E-state index contributed by atoms with van der Waals surface area (Å²) in [5.41, 5.74) is 1.91. The van der Waals surface area contributed by atoms with Gasteiger partial charge in [-0.3, -0.25) is 4.98 Å². The molecule has 1 aromatic heterocycles. The first kappa shape index (κ1) is 23.5. The van der Waals surface area contributed by atoms with Crippen molar-refractivity contribution in [2.24, 2.45) is 0 Å². The number of halogens is 4. The maximum atomic E-state index is 13.9. The number of rotatable bonds is 6. The molecule has 0 spiro atoms. The van der Waals surface area contributed by atoms with E-state index in [1.165, 1.54) is 36.5 Å². The zero-order chi connectivity index (χ0) is 24.5. The minimum Gasteiger partial charge on any atom is -0.489 e. The molecular formula is C26H21F4NO3. The first-order chi connectivity index (χ1) is 16.1. The lowest BCUT2D eigenvalue weighted by molar-refractivity contribution is -0.137. The minimum absolute atomic E-state index is 0.00839. The summed E-state index contributed by atoms with van der Waals surface area (Å²) in [6.45, 7) is 1.64. The monoisotopic (exact) mass is 471 g/mol. The number of pyridine rings is 1. The number of ether oxygens (including phenoxy) is 1. The lowest BCUT2D eigenvalue weighted by Crippen LogP contribution is -2.09. The molecule has 1 N–H and O–H groups in total. The lowest BCUT2D eigenvalue weighted by atomic mass is 9.93. The molecule has 0 saturated carbocycles. The molecule has 1 aliphatic rings. The van der Waals surface area contributed by atoms with Crippen LogP contribution in [0.2, 0.25) is 0 Å². The Bertz CT molecular complexity index is 1260. The summed E-state index contributed by atoms with van der Waals surface area (Å²) in [5.74, 6) is -1.28. The largest absolute Gasteiger partial charge is 0.489 e. The van der Waals surface area contributed by atoms with Crippen LogP contribution in [-0.2, 0) is 12.8 Å². The molecule has 0 amide bonds. The highest BCUT2D eigenvalue weighted by molar-refractivity contribution is 5.96. The molecular weight excluding hydrogens is 450 g/mol. The molecule has 0 saturated heterocycles. The van der Waals surface area contributed by atoms with Crippen LogP contribution in [-0.4, -0.2) is 16.1 Å². The van der Waals surface area contributed by atoms with Gasteiger partial charge in [0.05, 0.1) is 16.8 Å². The molecule has 4 rings (SSSR count). The van der Waals surface area contributed by atoms with Crippen LogP contribution < -0.4 is 4.74 Å². The molecule has 4 nitrogen and oxygen atoms in total. The number of aromatic nitrogens is 1. The highest BCUT2D eigenvalue weighted by Crippen LogP contribution is 2.45. The van der Waals surface area contributed by atoms with Crippen LogP contribution in [0.4, 0.5) is 17.6 Å². The van der Waals surface area contributed by atoms with Crippen LogP contribution in [0, 0.1) is 12.7 Å². The van der Waals surface area contributed by atoms with Gasteiger partial charge in [0, 0.05) is 6.20 Å². The molecule has 1 aliphatic carbocycles. The Hall–Kier alpha value is -3.68. The number of carboxylic acid groups (broad SMARTS) is 1. The van der Waals surface area contributed by atoms with E-state index in [0.29, 0.717) is 47.2 Å². The van der Waals surface area contributed by atoms with Gasteiger partial charge in [0.15, 0.2) is 0 Å². The van der Waals surface area contributed by atoms with Gasteiger partial charge >= 0.3 is 12.1 Å². The smallest absolute Gasteiger partial charge is 0.417 e. The average molecular weight is 471 g/mol. The Morgan fingerprint density at radius 3 is 2.44 bits per heavy atom. The van der Waals surface area contributed by atoms with E-state index in [4.69, 9.17) is 4.74 Å². The van der Waals surface area contributed by atoms with Crippen molar-refractivity contribution in [3.63, 3.8) is 0 Å². The lowest BCUT2D eigenvalue weighted by Gasteiger charge is -2.18. The normalized spacial score (nSPS) is 13.9. The summed E-state index contributed by atoms with van der Waals surface area (Å²) in [7, 11) is 0. The van der Waals surface area contributed by atoms with Gasteiger partial charge in [-0.15, -0.1) is 0 Å². The molecule has 2 aromatic carbocycles. The number of allylic oxidation sites excluding steroid dienone is 2. The minimum atomic E-state index is -4.58. The van der Waals surface area contributed by atoms with Gasteiger partial charge in [0.1, 0.15) is 18.2 Å². The van der Waals surface area contributed by atoms with Crippen LogP contribution in [0.1, 0.15) is 57.6 Å². The van der Waals surface area contributed by atoms with E-state index in [2.05, 4.69) is 4.98 Å². The third kappa shape index (κ3) is 4.95. The fourth-order valence-electron chi connectivity index (χ4n) is 4.13. The van der Waals surface area contributed by atoms with E-state index in [-0.39, 0.29) is 23.5 Å². The highest BCUT2D eigenvalue weighted by Gasteiger charge is 2.35. The molecule has 0 fully saturated rings. The summed E-state index contributed by atoms with van der Waals surface area (Å²) in [6, 6.07) is 10.8. The van der Waals surface area contributed by atoms with Gasteiger partial charge in [0.25, 0.3) is 0 Å². The average Bonchev–Trinajstić information content (AvgIpc) is 3.28. The SMILES string of the molecule is Cc1ncc(C2=C(c3cc(OCc4ccc(F)cc4)ccc3C(F)(F)F)CCC2)cc1C(=O)O. The number of hydrogen-bond acceptors (Lipinski definition) is 3. The number of nitrogens with zero attached hydrogens (tertiary/aromatic N) is 1. The molecule has 0 aliphatic heterocycles. The summed E-state index contributed by atoms with van der Waals surface area (Å²) in [6.07, 6.45) is -1.51. The number of alkyl halides is 3. The fraction of sp³-hybridized carbons (Fsp3) is 0.231. The van der Waals surface area contributed by atoms with Gasteiger partial charge in [-0.25, -0.2) is 9.18 Å². The molecule has 0 atom stereocenters. The van der Waals surface area contributed by atoms with Crippen LogP contribution >= 0.6 is 0 Å². The zero-order valence-electron chi connectivity index (χ0n) is 18.2. The summed E-state index contributed by atoms with van der Waals surface area (Å²) >= 11 is 0. The van der Waals surface area contributed by atoms with Crippen LogP contribution in [0.25, 0.3) is 11.1 Å². The maximum Gasteiger partial charge on any atom is 0.417 e. The second-order valence-electron chi connectivity index (χ2n) is 8.09. The van der Waals surface area contributed by atoms with E-state index in [0.717, 1.165) is 6.07 Å². The van der Waals surface area contributed by atoms with E-state index < -0.39 is 23.5 Å². The van der Waals surface area contributed by atoms with E-state index >= 15 is 0 Å². The van der Waals surface area contributed by atoms with Crippen molar-refractivity contribution in [1.82, 2.24) is 4.98 Å². The van der Waals surface area contributed by atoms with Crippen LogP contribution in [0.3, 0.4) is 0 Å². The first-order valence-electron chi connectivity index (χ1n) is 10.6. The van der Waals surface area contributed by atoms with E-state index in [1.54, 1.807) is 19.1 Å². The molecule has 0 unspecified atom stereocenters. The summed E-state index contributed by atoms with van der Waals surface area (Å²) in [5, 5.41) is 9.43. The molecule has 8 heteroatoms. The predicted octanol–water partition coefficient (Wildman–Crippen LogP) is 6.92. The van der Waals surface area contributed by atoms with Gasteiger partial charge in [0.2, 0.25) is 0 Å². The Morgan fingerprint density at radius 2 is 1.76 bits per heavy atom. The number of aryl methyl sites for hydroxylation is 1. The third-order valence-corrected chi connectivity index (χ3v) is 5.82. The van der Waals surface area contributed by atoms with E-state index in [1.807, 2.05) is 0 Å². The predicted molar refractivity (Wildman–Crippen MR) is 119 cm³/mol. The van der Waals surface area contributed by atoms with Crippen molar-refractivity contribution < 1.29 is 32.2 Å². The Kier molecular flexibility index (Phi) is 6.41. The number of benzene rings is 2. The van der Waals surface area contributed by atoms with Crippen LogP contribution in [0.5, 0.6) is 5.75 Å². The quantitative estimate of drug-likeness (QED) is 0.397. The number of carboxylic acids is 1. The van der Waals surface area contributed by atoms with Crippen molar-refractivity contribution in [3.05, 3.63) is 94.1 Å². The second kappa shape index (κ2) is 9.29. The maximum absolute atomic E-state index is 13.9. The highest BCUT2D eigenvalue weighted by atomic mass is 19.4. The van der Waals surface area contributed by atoms with Gasteiger partial charge in [-0.05, 0) is 90.4 Å². The number of carbonyl (C=O) groups is 1. The Labute approximate surface area is 193 Å². The molecule has 1 heterocycles. The third-order valence-electron chi connectivity index (χ3n) is 5.82. The second-order valence-corrected chi connectivity index (χ2v) is 8.09. The molecule has 0 radical (unpaired) electrons. The van der Waals surface area contributed by atoms with Crippen LogP contribution in [0.15, 0.2) is 54.7 Å². The topological polar surface area (TPSA) is 59.4 Å². The number of aromatic carboxylic acids is 1. The van der Waals surface area contributed by atoms with E-state index in [9.17, 15) is 27.5 Å². The van der Waals surface area contributed by atoms with Crippen molar-refractivity contribution in [1.29, 1.82) is 0 Å². The fourth-order valence-corrected chi connectivity index (χ4v) is 4.13.